The molecule has 5 nitrogen and oxygen atoms in total. The molecule has 0 aliphatic carbocycles. The van der Waals surface area contributed by atoms with Crippen LogP contribution in [0.1, 0.15) is 45.9 Å². The predicted molar refractivity (Wildman–Crippen MR) is 136 cm³/mol. The Morgan fingerprint density at radius 3 is 2.39 bits per heavy atom. The third-order valence-corrected chi connectivity index (χ3v) is 6.75. The van der Waals surface area contributed by atoms with Gasteiger partial charge in [0.1, 0.15) is 0 Å². The van der Waals surface area contributed by atoms with Crippen LogP contribution in [0.2, 0.25) is 0 Å². The van der Waals surface area contributed by atoms with Crippen molar-refractivity contribution < 1.29 is 0 Å². The molecule has 1 fully saturated rings. The van der Waals surface area contributed by atoms with Crippen molar-refractivity contribution in [2.45, 2.75) is 39.4 Å². The van der Waals surface area contributed by atoms with Crippen LogP contribution in [0.15, 0.2) is 79.3 Å². The zero-order chi connectivity index (χ0) is 22.9. The summed E-state index contributed by atoms with van der Waals surface area (Å²) in [7, 11) is 0. The first kappa shape index (κ1) is 21.3. The summed E-state index contributed by atoms with van der Waals surface area (Å²) in [6.45, 7) is 7.28. The first-order valence-electron chi connectivity index (χ1n) is 11.2. The Labute approximate surface area is 200 Å². The SMILES string of the molecule is Cc1ccc(N2C(=S)N[C@H](c3ccccn3)[C@@H]2c2cc(C)n(Cc3ccncc3)c2C)cc1. The monoisotopic (exact) mass is 453 g/mol. The Balaban J connectivity index is 1.62. The maximum absolute atomic E-state index is 5.87. The summed E-state index contributed by atoms with van der Waals surface area (Å²) in [6, 6.07) is 21.0. The number of aromatic nitrogens is 3. The summed E-state index contributed by atoms with van der Waals surface area (Å²) in [5.74, 6) is 0. The normalized spacial score (nSPS) is 17.9. The molecular weight excluding hydrogens is 426 g/mol. The molecule has 6 heteroatoms. The summed E-state index contributed by atoms with van der Waals surface area (Å²) in [6.07, 6.45) is 5.54. The van der Waals surface area contributed by atoms with E-state index in [1.165, 1.54) is 28.1 Å². The van der Waals surface area contributed by atoms with Crippen LogP contribution >= 0.6 is 12.2 Å². The topological polar surface area (TPSA) is 46.0 Å². The third kappa shape index (κ3) is 4.02. The molecule has 1 N–H and O–H groups in total. The van der Waals surface area contributed by atoms with Gasteiger partial charge < -0.3 is 14.8 Å². The Morgan fingerprint density at radius 1 is 0.939 bits per heavy atom. The highest BCUT2D eigenvalue weighted by molar-refractivity contribution is 7.80. The molecule has 0 saturated carbocycles. The van der Waals surface area contributed by atoms with Gasteiger partial charge in [-0.15, -0.1) is 0 Å². The van der Waals surface area contributed by atoms with E-state index in [4.69, 9.17) is 12.2 Å². The molecule has 166 valence electrons. The van der Waals surface area contributed by atoms with Gasteiger partial charge in [0.25, 0.3) is 0 Å². The molecule has 4 aromatic rings. The largest absolute Gasteiger partial charge is 0.351 e. The standard InChI is InChI=1S/C27H27N5S/c1-18-7-9-22(10-8-18)32-26(25(30-27(32)33)24-6-4-5-13-29-24)23-16-19(2)31(20(23)3)17-21-11-14-28-15-12-21/h4-16,25-26H,17H2,1-3H3,(H,30,33)/t25-,26+/m1/s1. The quantitative estimate of drug-likeness (QED) is 0.408. The number of rotatable bonds is 5. The molecule has 1 aliphatic heterocycles. The minimum absolute atomic E-state index is 0.00695. The number of pyridine rings is 2. The highest BCUT2D eigenvalue weighted by Crippen LogP contribution is 2.43. The van der Waals surface area contributed by atoms with Crippen LogP contribution in [-0.2, 0) is 6.54 Å². The number of nitrogens with one attached hydrogen (secondary N) is 1. The molecule has 33 heavy (non-hydrogen) atoms. The average Bonchev–Trinajstić information content (AvgIpc) is 3.32. The summed E-state index contributed by atoms with van der Waals surface area (Å²) >= 11 is 5.87. The molecule has 1 saturated heterocycles. The fraction of sp³-hybridized carbons (Fsp3) is 0.222. The predicted octanol–water partition coefficient (Wildman–Crippen LogP) is 5.43. The van der Waals surface area contributed by atoms with E-state index in [2.05, 4.69) is 94.1 Å². The number of anilines is 1. The number of nitrogens with zero attached hydrogens (tertiary/aromatic N) is 4. The van der Waals surface area contributed by atoms with Crippen LogP contribution in [-0.4, -0.2) is 19.6 Å². The Kier molecular flexibility index (Phi) is 5.68. The van der Waals surface area contributed by atoms with Crippen LogP contribution < -0.4 is 10.2 Å². The smallest absolute Gasteiger partial charge is 0.174 e. The van der Waals surface area contributed by atoms with Gasteiger partial charge in [-0.1, -0.05) is 23.8 Å². The second-order valence-corrected chi connectivity index (χ2v) is 8.99. The first-order valence-corrected chi connectivity index (χ1v) is 11.6. The van der Waals surface area contributed by atoms with E-state index >= 15 is 0 Å². The summed E-state index contributed by atoms with van der Waals surface area (Å²) in [4.78, 5) is 11.1. The molecule has 0 amide bonds. The molecule has 3 aromatic heterocycles. The fourth-order valence-corrected chi connectivity index (χ4v) is 5.04. The van der Waals surface area contributed by atoms with Gasteiger partial charge in [0, 0.05) is 42.2 Å². The minimum Gasteiger partial charge on any atom is -0.351 e. The lowest BCUT2D eigenvalue weighted by molar-refractivity contribution is 0.563. The Bertz CT molecular complexity index is 1270. The summed E-state index contributed by atoms with van der Waals surface area (Å²) in [5.41, 5.74) is 8.24. The first-order chi connectivity index (χ1) is 16.0. The van der Waals surface area contributed by atoms with Crippen LogP contribution in [0.3, 0.4) is 0 Å². The second kappa shape index (κ2) is 8.79. The van der Waals surface area contributed by atoms with Gasteiger partial charge in [0.15, 0.2) is 5.11 Å². The number of hydrogen-bond acceptors (Lipinski definition) is 3. The molecule has 0 unspecified atom stereocenters. The summed E-state index contributed by atoms with van der Waals surface area (Å²) < 4.78 is 2.37. The van der Waals surface area contributed by atoms with Crippen LogP contribution in [0.5, 0.6) is 0 Å². The Morgan fingerprint density at radius 2 is 1.70 bits per heavy atom. The molecule has 4 heterocycles. The van der Waals surface area contributed by atoms with Crippen LogP contribution in [0.4, 0.5) is 5.69 Å². The lowest BCUT2D eigenvalue weighted by Gasteiger charge is -2.28. The van der Waals surface area contributed by atoms with Crippen molar-refractivity contribution in [1.29, 1.82) is 0 Å². The van der Waals surface area contributed by atoms with E-state index in [-0.39, 0.29) is 12.1 Å². The van der Waals surface area contributed by atoms with Crippen molar-refractivity contribution >= 4 is 23.0 Å². The van der Waals surface area contributed by atoms with Crippen molar-refractivity contribution in [3.05, 3.63) is 113 Å². The maximum atomic E-state index is 5.87. The highest BCUT2D eigenvalue weighted by Gasteiger charge is 2.42. The second-order valence-electron chi connectivity index (χ2n) is 8.60. The molecule has 1 aliphatic rings. The van der Waals surface area contributed by atoms with E-state index in [9.17, 15) is 0 Å². The van der Waals surface area contributed by atoms with Crippen LogP contribution in [0, 0.1) is 20.8 Å². The molecule has 1 aromatic carbocycles. The summed E-state index contributed by atoms with van der Waals surface area (Å²) in [5, 5.41) is 4.29. The van der Waals surface area contributed by atoms with E-state index in [1.54, 1.807) is 0 Å². The molecule has 0 bridgehead atoms. The lowest BCUT2D eigenvalue weighted by Crippen LogP contribution is -2.29. The fourth-order valence-electron chi connectivity index (χ4n) is 4.70. The van der Waals surface area contributed by atoms with Gasteiger partial charge in [-0.05, 0) is 86.6 Å². The molecule has 0 spiro atoms. The van der Waals surface area contributed by atoms with E-state index < -0.39 is 0 Å². The van der Waals surface area contributed by atoms with Gasteiger partial charge in [0.2, 0.25) is 0 Å². The Hall–Kier alpha value is -3.51. The van der Waals surface area contributed by atoms with Crippen molar-refractivity contribution in [1.82, 2.24) is 19.9 Å². The van der Waals surface area contributed by atoms with Gasteiger partial charge >= 0.3 is 0 Å². The van der Waals surface area contributed by atoms with Gasteiger partial charge in [-0.25, -0.2) is 0 Å². The van der Waals surface area contributed by atoms with Gasteiger partial charge in [-0.2, -0.15) is 0 Å². The minimum atomic E-state index is -0.0464. The van der Waals surface area contributed by atoms with Crippen molar-refractivity contribution in [2.75, 3.05) is 4.90 Å². The molecule has 2 atom stereocenters. The number of hydrogen-bond donors (Lipinski definition) is 1. The maximum Gasteiger partial charge on any atom is 0.174 e. The average molecular weight is 454 g/mol. The van der Waals surface area contributed by atoms with E-state index in [0.29, 0.717) is 0 Å². The van der Waals surface area contributed by atoms with E-state index in [1.807, 2.05) is 30.7 Å². The zero-order valence-corrected chi connectivity index (χ0v) is 19.9. The number of benzene rings is 1. The lowest BCUT2D eigenvalue weighted by atomic mass is 9.96. The zero-order valence-electron chi connectivity index (χ0n) is 19.1. The van der Waals surface area contributed by atoms with Crippen molar-refractivity contribution in [3.63, 3.8) is 0 Å². The molecular formula is C27H27N5S. The third-order valence-electron chi connectivity index (χ3n) is 6.43. The van der Waals surface area contributed by atoms with E-state index in [0.717, 1.165) is 23.0 Å². The van der Waals surface area contributed by atoms with Crippen molar-refractivity contribution in [3.8, 4) is 0 Å². The number of aryl methyl sites for hydroxylation is 2. The van der Waals surface area contributed by atoms with Crippen LogP contribution in [0.25, 0.3) is 0 Å². The highest BCUT2D eigenvalue weighted by atomic mass is 32.1. The molecule has 0 radical (unpaired) electrons. The number of thiocarbonyl (C=S) groups is 1. The van der Waals surface area contributed by atoms with Gasteiger partial charge in [0.05, 0.1) is 17.8 Å². The van der Waals surface area contributed by atoms with Gasteiger partial charge in [-0.3, -0.25) is 9.97 Å². The molecule has 5 rings (SSSR count). The van der Waals surface area contributed by atoms with Crippen molar-refractivity contribution in [2.24, 2.45) is 0 Å².